The lowest BCUT2D eigenvalue weighted by Crippen LogP contribution is -2.17. The minimum atomic E-state index is -0.587. The van der Waals surface area contributed by atoms with Crippen LogP contribution in [0.3, 0.4) is 0 Å². The molecule has 2 aliphatic carbocycles. The first-order chi connectivity index (χ1) is 12.7. The van der Waals surface area contributed by atoms with Gasteiger partial charge in [-0.1, -0.05) is 18.2 Å². The maximum Gasteiger partial charge on any atom is 0.359 e. The lowest BCUT2D eigenvalue weighted by atomic mass is 10.1. The first-order valence-electron chi connectivity index (χ1n) is 8.80. The van der Waals surface area contributed by atoms with Crippen molar-refractivity contribution in [2.75, 3.05) is 0 Å². The van der Waals surface area contributed by atoms with E-state index in [1.807, 2.05) is 0 Å². The predicted octanol–water partition coefficient (Wildman–Crippen LogP) is 2.08. The van der Waals surface area contributed by atoms with E-state index in [9.17, 15) is 9.59 Å². The van der Waals surface area contributed by atoms with E-state index in [0.717, 1.165) is 31.5 Å². The van der Waals surface area contributed by atoms with E-state index >= 15 is 0 Å². The number of rotatable bonds is 5. The molecule has 132 valence electrons. The monoisotopic (exact) mass is 351 g/mol. The number of esters is 1. The van der Waals surface area contributed by atoms with Crippen molar-refractivity contribution in [3.05, 3.63) is 52.0 Å². The van der Waals surface area contributed by atoms with Gasteiger partial charge < -0.3 is 9.30 Å². The zero-order valence-electron chi connectivity index (χ0n) is 14.0. The Morgan fingerprint density at radius 2 is 1.92 bits per heavy atom. The Morgan fingerprint density at radius 3 is 2.65 bits per heavy atom. The zero-order valence-corrected chi connectivity index (χ0v) is 14.0. The zero-order chi connectivity index (χ0) is 17.7. The predicted molar refractivity (Wildman–Crippen MR) is 91.8 cm³/mol. The van der Waals surface area contributed by atoms with Gasteiger partial charge in [-0.05, 0) is 31.7 Å². The molecule has 1 aromatic carbocycles. The summed E-state index contributed by atoms with van der Waals surface area (Å²) in [5.41, 5.74) is -0.236. The molecule has 2 fully saturated rings. The summed E-state index contributed by atoms with van der Waals surface area (Å²) >= 11 is 0. The van der Waals surface area contributed by atoms with Crippen molar-refractivity contribution in [1.29, 1.82) is 0 Å². The molecule has 0 radical (unpaired) electrons. The third-order valence-corrected chi connectivity index (χ3v) is 4.87. The Balaban J connectivity index is 1.41. The molecule has 2 aliphatic rings. The average molecular weight is 351 g/mol. The fraction of sp³-hybridized carbons (Fsp3) is 0.389. The number of hydrogen-bond donors (Lipinski definition) is 1. The molecule has 0 spiro atoms. The lowest BCUT2D eigenvalue weighted by molar-refractivity contribution is 0.0451. The minimum Gasteiger partial charge on any atom is -0.453 e. The van der Waals surface area contributed by atoms with E-state index in [1.165, 1.54) is 0 Å². The summed E-state index contributed by atoms with van der Waals surface area (Å²) < 4.78 is 7.59. The lowest BCUT2D eigenvalue weighted by Gasteiger charge is -2.09. The van der Waals surface area contributed by atoms with Crippen LogP contribution < -0.4 is 5.56 Å². The average Bonchev–Trinajstić information content (AvgIpc) is 3.59. The number of hydrogen-bond acceptors (Lipinski definition) is 6. The Labute approximate surface area is 148 Å². The first kappa shape index (κ1) is 15.2. The van der Waals surface area contributed by atoms with Crippen molar-refractivity contribution >= 4 is 16.7 Å². The van der Waals surface area contributed by atoms with Gasteiger partial charge in [0.05, 0.1) is 5.39 Å². The Bertz CT molecular complexity index is 1060. The maximum absolute atomic E-state index is 12.5. The van der Waals surface area contributed by atoms with Crippen LogP contribution in [0, 0.1) is 0 Å². The van der Waals surface area contributed by atoms with Gasteiger partial charge >= 0.3 is 5.97 Å². The summed E-state index contributed by atoms with van der Waals surface area (Å²) in [5.74, 6) is 1.61. The molecule has 26 heavy (non-hydrogen) atoms. The number of carbonyl (C=O) groups excluding carboxylic acids is 1. The molecule has 2 saturated carbocycles. The molecule has 2 heterocycles. The largest absolute Gasteiger partial charge is 0.453 e. The quantitative estimate of drug-likeness (QED) is 0.706. The molecular formula is C18H17N5O3. The topological polar surface area (TPSA) is 103 Å². The molecule has 0 bridgehead atoms. The summed E-state index contributed by atoms with van der Waals surface area (Å²) in [5, 5.41) is 15.7. The summed E-state index contributed by atoms with van der Waals surface area (Å²) in [7, 11) is 0. The molecule has 0 atom stereocenters. The molecular weight excluding hydrogens is 334 g/mol. The summed E-state index contributed by atoms with van der Waals surface area (Å²) in [6.07, 6.45) is 4.53. The van der Waals surface area contributed by atoms with Crippen LogP contribution in [0.2, 0.25) is 0 Å². The van der Waals surface area contributed by atoms with Crippen molar-refractivity contribution in [2.24, 2.45) is 0 Å². The van der Waals surface area contributed by atoms with Crippen LogP contribution in [0.4, 0.5) is 0 Å². The van der Waals surface area contributed by atoms with Crippen LogP contribution in [-0.2, 0) is 11.3 Å². The van der Waals surface area contributed by atoms with E-state index in [4.69, 9.17) is 4.74 Å². The van der Waals surface area contributed by atoms with E-state index in [2.05, 4.69) is 25.0 Å². The van der Waals surface area contributed by atoms with Crippen LogP contribution in [0.25, 0.3) is 10.8 Å². The number of fused-ring (bicyclic) bond motifs is 1. The highest BCUT2D eigenvalue weighted by Gasteiger charge is 2.36. The number of carbonyl (C=O) groups is 1. The van der Waals surface area contributed by atoms with Gasteiger partial charge in [0.15, 0.2) is 18.1 Å². The van der Waals surface area contributed by atoms with Gasteiger partial charge in [-0.3, -0.25) is 4.79 Å². The van der Waals surface area contributed by atoms with Crippen molar-refractivity contribution in [3.63, 3.8) is 0 Å². The minimum absolute atomic E-state index is 0.0458. The number of benzene rings is 1. The van der Waals surface area contributed by atoms with E-state index < -0.39 is 5.97 Å². The highest BCUT2D eigenvalue weighted by Crippen LogP contribution is 2.44. The van der Waals surface area contributed by atoms with Crippen LogP contribution in [0.5, 0.6) is 0 Å². The summed E-state index contributed by atoms with van der Waals surface area (Å²) in [6, 6.07) is 7.27. The second-order valence-electron chi connectivity index (χ2n) is 6.87. The van der Waals surface area contributed by atoms with Crippen LogP contribution in [0.15, 0.2) is 29.1 Å². The van der Waals surface area contributed by atoms with Gasteiger partial charge in [-0.2, -0.15) is 5.10 Å². The smallest absolute Gasteiger partial charge is 0.359 e. The molecule has 8 nitrogen and oxygen atoms in total. The molecule has 3 aromatic rings. The highest BCUT2D eigenvalue weighted by atomic mass is 16.5. The van der Waals surface area contributed by atoms with Crippen LogP contribution in [-0.4, -0.2) is 30.9 Å². The number of nitrogens with zero attached hydrogens (tertiary/aromatic N) is 4. The van der Waals surface area contributed by atoms with Gasteiger partial charge in [0.25, 0.3) is 5.56 Å². The van der Waals surface area contributed by atoms with Crippen molar-refractivity contribution in [2.45, 2.75) is 44.2 Å². The molecule has 8 heteroatoms. The van der Waals surface area contributed by atoms with Gasteiger partial charge in [0, 0.05) is 17.3 Å². The van der Waals surface area contributed by atoms with Crippen molar-refractivity contribution in [3.8, 4) is 0 Å². The second kappa shape index (κ2) is 5.76. The molecule has 5 rings (SSSR count). The molecule has 0 amide bonds. The van der Waals surface area contributed by atoms with Crippen molar-refractivity contribution < 1.29 is 9.53 Å². The normalized spacial score (nSPS) is 16.8. The van der Waals surface area contributed by atoms with E-state index in [0.29, 0.717) is 28.6 Å². The van der Waals surface area contributed by atoms with Gasteiger partial charge in [0.1, 0.15) is 5.82 Å². The van der Waals surface area contributed by atoms with Crippen molar-refractivity contribution in [1.82, 2.24) is 25.0 Å². The molecule has 1 N–H and O–H groups in total. The fourth-order valence-corrected chi connectivity index (χ4v) is 3.26. The SMILES string of the molecule is O=C(OCc1nnc(C2CC2)n1C1CC1)c1n[nH]c(=O)c2ccccc12. The Morgan fingerprint density at radius 1 is 1.15 bits per heavy atom. The van der Waals surface area contributed by atoms with Gasteiger partial charge in [-0.25, -0.2) is 9.89 Å². The number of aromatic amines is 1. The third-order valence-electron chi connectivity index (χ3n) is 4.87. The number of aromatic nitrogens is 5. The Kier molecular flexibility index (Phi) is 3.37. The standard InChI is InChI=1S/C18H17N5O3/c24-17-13-4-2-1-3-12(13)15(20-22-17)18(25)26-9-14-19-21-16(10-5-6-10)23(14)11-7-8-11/h1-4,10-11H,5-9H2,(H,22,24). The summed E-state index contributed by atoms with van der Waals surface area (Å²) in [4.78, 5) is 24.4. The Hall–Kier alpha value is -3.03. The molecule has 0 unspecified atom stereocenters. The van der Waals surface area contributed by atoms with E-state index in [-0.39, 0.29) is 17.9 Å². The molecule has 2 aromatic heterocycles. The maximum atomic E-state index is 12.5. The van der Waals surface area contributed by atoms with Gasteiger partial charge in [0.2, 0.25) is 0 Å². The second-order valence-corrected chi connectivity index (χ2v) is 6.87. The highest BCUT2D eigenvalue weighted by molar-refractivity contribution is 6.01. The van der Waals surface area contributed by atoms with Crippen LogP contribution >= 0.6 is 0 Å². The summed E-state index contributed by atoms with van der Waals surface area (Å²) in [6.45, 7) is 0.0458. The number of H-pyrrole nitrogens is 1. The molecule has 0 saturated heterocycles. The number of ether oxygens (including phenoxy) is 1. The molecule has 0 aliphatic heterocycles. The third kappa shape index (κ3) is 2.58. The first-order valence-corrected chi connectivity index (χ1v) is 8.80. The number of nitrogens with one attached hydrogen (secondary N) is 1. The van der Waals surface area contributed by atoms with Gasteiger partial charge in [-0.15, -0.1) is 10.2 Å². The van der Waals surface area contributed by atoms with Crippen LogP contribution in [0.1, 0.15) is 59.8 Å². The van der Waals surface area contributed by atoms with E-state index in [1.54, 1.807) is 24.3 Å². The fourth-order valence-electron chi connectivity index (χ4n) is 3.26.